The predicted octanol–water partition coefficient (Wildman–Crippen LogP) is 1.18. The molecule has 4 heteroatoms. The molecule has 2 atom stereocenters. The maximum absolute atomic E-state index is 12.0. The molecule has 0 aliphatic heterocycles. The third-order valence-corrected chi connectivity index (χ3v) is 3.15. The number of hydrogen-bond donors (Lipinski definition) is 2. The zero-order valence-corrected chi connectivity index (χ0v) is 11.3. The van der Waals surface area contributed by atoms with Gasteiger partial charge in [-0.15, -0.1) is 0 Å². The fourth-order valence-electron chi connectivity index (χ4n) is 1.71. The second-order valence-electron chi connectivity index (χ2n) is 4.52. The Morgan fingerprint density at radius 1 is 1.33 bits per heavy atom. The van der Waals surface area contributed by atoms with Gasteiger partial charge in [0.25, 0.3) is 0 Å². The second kappa shape index (κ2) is 7.13. The first-order chi connectivity index (χ1) is 8.56. The van der Waals surface area contributed by atoms with E-state index in [2.05, 4.69) is 5.32 Å². The van der Waals surface area contributed by atoms with Crippen LogP contribution in [0.5, 0.6) is 0 Å². The highest BCUT2D eigenvalue weighted by Crippen LogP contribution is 2.11. The highest BCUT2D eigenvalue weighted by molar-refractivity contribution is 5.81. The molecule has 0 fully saturated rings. The van der Waals surface area contributed by atoms with Gasteiger partial charge in [-0.3, -0.25) is 9.69 Å². The maximum atomic E-state index is 12.0. The molecule has 0 aromatic heterocycles. The lowest BCUT2D eigenvalue weighted by Crippen LogP contribution is -2.44. The van der Waals surface area contributed by atoms with Gasteiger partial charge < -0.3 is 10.4 Å². The highest BCUT2D eigenvalue weighted by atomic mass is 16.3. The topological polar surface area (TPSA) is 52.6 Å². The Labute approximate surface area is 109 Å². The highest BCUT2D eigenvalue weighted by Gasteiger charge is 2.19. The molecule has 0 radical (unpaired) electrons. The fraction of sp³-hybridized carbons (Fsp3) is 0.500. The zero-order chi connectivity index (χ0) is 13.5. The normalized spacial score (nSPS) is 14.3. The van der Waals surface area contributed by atoms with Crippen molar-refractivity contribution in [3.8, 4) is 0 Å². The maximum Gasteiger partial charge on any atom is 0.237 e. The van der Waals surface area contributed by atoms with Gasteiger partial charge in [0.2, 0.25) is 5.91 Å². The molecule has 1 amide bonds. The molecule has 1 rings (SSSR count). The SMILES string of the molecule is CC(NC(=O)C(C)N(C)CCO)c1ccccc1. The Hall–Kier alpha value is -1.39. The van der Waals surface area contributed by atoms with Crippen molar-refractivity contribution in [2.45, 2.75) is 25.9 Å². The second-order valence-corrected chi connectivity index (χ2v) is 4.52. The van der Waals surface area contributed by atoms with Crippen LogP contribution >= 0.6 is 0 Å². The van der Waals surface area contributed by atoms with Gasteiger partial charge in [-0.25, -0.2) is 0 Å². The number of nitrogens with zero attached hydrogens (tertiary/aromatic N) is 1. The third kappa shape index (κ3) is 4.13. The molecule has 1 aromatic carbocycles. The van der Waals surface area contributed by atoms with Crippen molar-refractivity contribution in [1.82, 2.24) is 10.2 Å². The average Bonchev–Trinajstić information content (AvgIpc) is 2.39. The summed E-state index contributed by atoms with van der Waals surface area (Å²) in [6, 6.07) is 9.60. The summed E-state index contributed by atoms with van der Waals surface area (Å²) in [4.78, 5) is 13.8. The van der Waals surface area contributed by atoms with Gasteiger partial charge in [0.15, 0.2) is 0 Å². The smallest absolute Gasteiger partial charge is 0.237 e. The van der Waals surface area contributed by atoms with E-state index in [0.29, 0.717) is 6.54 Å². The van der Waals surface area contributed by atoms with E-state index in [4.69, 9.17) is 5.11 Å². The van der Waals surface area contributed by atoms with E-state index < -0.39 is 0 Å². The Morgan fingerprint density at radius 3 is 2.50 bits per heavy atom. The molecule has 2 unspecified atom stereocenters. The van der Waals surface area contributed by atoms with Crippen molar-refractivity contribution >= 4 is 5.91 Å². The molecule has 18 heavy (non-hydrogen) atoms. The molecule has 2 N–H and O–H groups in total. The number of hydrogen-bond acceptors (Lipinski definition) is 3. The van der Waals surface area contributed by atoms with Gasteiger partial charge in [-0.2, -0.15) is 0 Å². The number of rotatable bonds is 6. The van der Waals surface area contributed by atoms with Crippen molar-refractivity contribution in [2.75, 3.05) is 20.2 Å². The van der Waals surface area contributed by atoms with E-state index in [1.54, 1.807) is 0 Å². The van der Waals surface area contributed by atoms with Crippen molar-refractivity contribution < 1.29 is 9.90 Å². The molecule has 0 bridgehead atoms. The van der Waals surface area contributed by atoms with Crippen LogP contribution in [0.3, 0.4) is 0 Å². The monoisotopic (exact) mass is 250 g/mol. The largest absolute Gasteiger partial charge is 0.395 e. The van der Waals surface area contributed by atoms with E-state index in [9.17, 15) is 4.79 Å². The number of aliphatic hydroxyl groups excluding tert-OH is 1. The number of nitrogens with one attached hydrogen (secondary N) is 1. The van der Waals surface area contributed by atoms with Crippen LogP contribution in [-0.2, 0) is 4.79 Å². The van der Waals surface area contributed by atoms with Crippen molar-refractivity contribution in [1.29, 1.82) is 0 Å². The van der Waals surface area contributed by atoms with Gasteiger partial charge in [-0.1, -0.05) is 30.3 Å². The van der Waals surface area contributed by atoms with Crippen LogP contribution < -0.4 is 5.32 Å². The van der Waals surface area contributed by atoms with Crippen LogP contribution in [0, 0.1) is 0 Å². The minimum Gasteiger partial charge on any atom is -0.395 e. The average molecular weight is 250 g/mol. The number of aliphatic hydroxyl groups is 1. The van der Waals surface area contributed by atoms with Crippen LogP contribution in [0.1, 0.15) is 25.5 Å². The molecule has 100 valence electrons. The van der Waals surface area contributed by atoms with Crippen molar-refractivity contribution in [3.05, 3.63) is 35.9 Å². The number of benzene rings is 1. The minimum absolute atomic E-state index is 0.0105. The molecule has 0 aliphatic rings. The summed E-state index contributed by atoms with van der Waals surface area (Å²) < 4.78 is 0. The molecule has 0 aliphatic carbocycles. The minimum atomic E-state index is -0.247. The Balaban J connectivity index is 2.54. The van der Waals surface area contributed by atoms with Gasteiger partial charge in [0, 0.05) is 6.54 Å². The number of amides is 1. The van der Waals surface area contributed by atoms with Crippen LogP contribution in [0.25, 0.3) is 0 Å². The standard InChI is InChI=1S/C14H22N2O2/c1-11(13-7-5-4-6-8-13)15-14(18)12(2)16(3)9-10-17/h4-8,11-12,17H,9-10H2,1-3H3,(H,15,18). The summed E-state index contributed by atoms with van der Waals surface area (Å²) in [5, 5.41) is 11.8. The molecule has 0 saturated heterocycles. The Morgan fingerprint density at radius 2 is 1.94 bits per heavy atom. The van der Waals surface area contributed by atoms with E-state index in [-0.39, 0.29) is 24.6 Å². The fourth-order valence-corrected chi connectivity index (χ4v) is 1.71. The molecule has 0 spiro atoms. The van der Waals surface area contributed by atoms with Crippen LogP contribution in [0.15, 0.2) is 30.3 Å². The van der Waals surface area contributed by atoms with Crippen molar-refractivity contribution in [2.24, 2.45) is 0 Å². The van der Waals surface area contributed by atoms with Gasteiger partial charge in [-0.05, 0) is 26.5 Å². The lowest BCUT2D eigenvalue weighted by atomic mass is 10.1. The van der Waals surface area contributed by atoms with Gasteiger partial charge in [0.1, 0.15) is 0 Å². The first-order valence-electron chi connectivity index (χ1n) is 6.22. The first-order valence-corrected chi connectivity index (χ1v) is 6.22. The van der Waals surface area contributed by atoms with E-state index >= 15 is 0 Å². The Bertz CT molecular complexity index is 367. The summed E-state index contributed by atoms with van der Waals surface area (Å²) in [5.74, 6) is -0.0256. The summed E-state index contributed by atoms with van der Waals surface area (Å²) in [6.07, 6.45) is 0. The van der Waals surface area contributed by atoms with Crippen LogP contribution in [0.2, 0.25) is 0 Å². The third-order valence-electron chi connectivity index (χ3n) is 3.15. The van der Waals surface area contributed by atoms with Crippen molar-refractivity contribution in [3.63, 3.8) is 0 Å². The number of likely N-dealkylation sites (N-methyl/N-ethyl adjacent to an activating group) is 1. The number of carbonyl (C=O) groups is 1. The zero-order valence-electron chi connectivity index (χ0n) is 11.3. The molecule has 1 aromatic rings. The summed E-state index contributed by atoms with van der Waals surface area (Å²) in [5.41, 5.74) is 1.09. The summed E-state index contributed by atoms with van der Waals surface area (Å²) >= 11 is 0. The van der Waals surface area contributed by atoms with Crippen LogP contribution in [-0.4, -0.2) is 42.2 Å². The van der Waals surface area contributed by atoms with Gasteiger partial charge in [0.05, 0.1) is 18.7 Å². The lowest BCUT2D eigenvalue weighted by molar-refractivity contribution is -0.126. The molecule has 4 nitrogen and oxygen atoms in total. The van der Waals surface area contributed by atoms with E-state index in [0.717, 1.165) is 5.56 Å². The van der Waals surface area contributed by atoms with Crippen LogP contribution in [0.4, 0.5) is 0 Å². The summed E-state index contributed by atoms with van der Waals surface area (Å²) in [7, 11) is 1.83. The molecular formula is C14H22N2O2. The first kappa shape index (κ1) is 14.7. The van der Waals surface area contributed by atoms with E-state index in [1.807, 2.05) is 56.1 Å². The molecule has 0 saturated carbocycles. The predicted molar refractivity (Wildman–Crippen MR) is 72.2 cm³/mol. The quantitative estimate of drug-likeness (QED) is 0.797. The lowest BCUT2D eigenvalue weighted by Gasteiger charge is -2.25. The molecular weight excluding hydrogens is 228 g/mol. The van der Waals surface area contributed by atoms with Gasteiger partial charge >= 0.3 is 0 Å². The van der Waals surface area contributed by atoms with E-state index in [1.165, 1.54) is 0 Å². The molecule has 0 heterocycles. The summed E-state index contributed by atoms with van der Waals surface area (Å²) in [6.45, 7) is 4.35. The Kier molecular flexibility index (Phi) is 5.82. The number of carbonyl (C=O) groups excluding carboxylic acids is 1.